The zero-order chi connectivity index (χ0) is 14.3. The first-order valence-electron chi connectivity index (χ1n) is 5.65. The Bertz CT molecular complexity index is 466. The highest BCUT2D eigenvalue weighted by atomic mass is 19.1. The highest BCUT2D eigenvalue weighted by Crippen LogP contribution is 2.08. The van der Waals surface area contributed by atoms with Crippen molar-refractivity contribution in [3.63, 3.8) is 0 Å². The Labute approximate surface area is 108 Å². The maximum atomic E-state index is 13.2. The van der Waals surface area contributed by atoms with Crippen LogP contribution in [0.2, 0.25) is 0 Å². The van der Waals surface area contributed by atoms with Crippen molar-refractivity contribution in [3.8, 4) is 0 Å². The minimum atomic E-state index is -0.988. The van der Waals surface area contributed by atoms with Gasteiger partial charge in [0.15, 0.2) is 0 Å². The maximum absolute atomic E-state index is 13.2. The van der Waals surface area contributed by atoms with Crippen molar-refractivity contribution in [2.24, 2.45) is 0 Å². The summed E-state index contributed by atoms with van der Waals surface area (Å²) in [5, 5.41) is 13.2. The van der Waals surface area contributed by atoms with Crippen LogP contribution in [0.1, 0.15) is 16.8 Å². The Kier molecular flexibility index (Phi) is 5.87. The lowest BCUT2D eigenvalue weighted by atomic mass is 10.2. The number of rotatable bonds is 6. The Morgan fingerprint density at radius 2 is 1.95 bits per heavy atom. The van der Waals surface area contributed by atoms with Crippen molar-refractivity contribution in [1.82, 2.24) is 10.6 Å². The average molecular weight is 272 g/mol. The Hall–Kier alpha value is -2.02. The van der Waals surface area contributed by atoms with E-state index in [1.165, 1.54) is 0 Å². The van der Waals surface area contributed by atoms with Gasteiger partial charge in [0, 0.05) is 19.2 Å². The molecule has 0 atom stereocenters. The van der Waals surface area contributed by atoms with E-state index in [2.05, 4.69) is 10.6 Å². The number of nitrogens with one attached hydrogen (secondary N) is 2. The molecule has 0 aliphatic heterocycles. The molecule has 19 heavy (non-hydrogen) atoms. The molecule has 7 heteroatoms. The highest BCUT2D eigenvalue weighted by Gasteiger charge is 2.13. The summed E-state index contributed by atoms with van der Waals surface area (Å²) in [6.45, 7) is -0.0787. The van der Waals surface area contributed by atoms with Crippen LogP contribution in [-0.2, 0) is 4.79 Å². The van der Waals surface area contributed by atoms with E-state index in [0.717, 1.165) is 12.1 Å². The van der Waals surface area contributed by atoms with E-state index in [0.29, 0.717) is 12.5 Å². The van der Waals surface area contributed by atoms with Crippen LogP contribution in [0.4, 0.5) is 8.78 Å². The fourth-order valence-electron chi connectivity index (χ4n) is 1.30. The molecule has 2 amide bonds. The molecule has 0 fully saturated rings. The van der Waals surface area contributed by atoms with Gasteiger partial charge in [-0.1, -0.05) is 0 Å². The molecule has 1 aromatic rings. The molecule has 0 unspecified atom stereocenters. The number of benzene rings is 1. The van der Waals surface area contributed by atoms with Crippen LogP contribution in [0.25, 0.3) is 0 Å². The van der Waals surface area contributed by atoms with Crippen LogP contribution >= 0.6 is 0 Å². The topological polar surface area (TPSA) is 78.4 Å². The molecule has 104 valence electrons. The summed E-state index contributed by atoms with van der Waals surface area (Å²) in [5.41, 5.74) is -0.329. The zero-order valence-corrected chi connectivity index (χ0v) is 10.1. The molecule has 1 aromatic carbocycles. The lowest BCUT2D eigenvalue weighted by Crippen LogP contribution is -2.37. The van der Waals surface area contributed by atoms with Crippen LogP contribution in [0.15, 0.2) is 18.2 Å². The molecule has 3 N–H and O–H groups in total. The summed E-state index contributed by atoms with van der Waals surface area (Å²) in [6.07, 6.45) is 0.409. The molecular formula is C12H14F2N2O3. The minimum absolute atomic E-state index is 0.0482. The third kappa shape index (κ3) is 5.01. The largest absolute Gasteiger partial charge is 0.396 e. The van der Waals surface area contributed by atoms with Crippen LogP contribution < -0.4 is 10.6 Å². The first kappa shape index (κ1) is 15.0. The molecule has 0 radical (unpaired) electrons. The van der Waals surface area contributed by atoms with Gasteiger partial charge in [-0.05, 0) is 18.6 Å². The molecular weight excluding hydrogens is 258 g/mol. The van der Waals surface area contributed by atoms with Crippen LogP contribution in [0.5, 0.6) is 0 Å². The number of amides is 2. The van der Waals surface area contributed by atoms with Crippen LogP contribution in [0, 0.1) is 11.6 Å². The average Bonchev–Trinajstić information content (AvgIpc) is 2.36. The number of hydrogen-bond donors (Lipinski definition) is 3. The zero-order valence-electron chi connectivity index (χ0n) is 10.1. The molecule has 0 saturated carbocycles. The summed E-state index contributed by atoms with van der Waals surface area (Å²) in [4.78, 5) is 22.7. The first-order valence-corrected chi connectivity index (χ1v) is 5.65. The van der Waals surface area contributed by atoms with Gasteiger partial charge in [0.1, 0.15) is 11.6 Å². The summed E-state index contributed by atoms with van der Waals surface area (Å²) < 4.78 is 25.9. The van der Waals surface area contributed by atoms with Crippen LogP contribution in [0.3, 0.4) is 0 Å². The van der Waals surface area contributed by atoms with Gasteiger partial charge in [0.05, 0.1) is 12.1 Å². The van der Waals surface area contributed by atoms with Gasteiger partial charge in [0.25, 0.3) is 5.91 Å². The molecule has 0 heterocycles. The fourth-order valence-corrected chi connectivity index (χ4v) is 1.30. The molecule has 5 nitrogen and oxygen atoms in total. The first-order chi connectivity index (χ1) is 9.04. The normalized spacial score (nSPS) is 10.1. The molecule has 1 rings (SSSR count). The van der Waals surface area contributed by atoms with Gasteiger partial charge < -0.3 is 15.7 Å². The molecule has 0 aromatic heterocycles. The van der Waals surface area contributed by atoms with E-state index in [1.54, 1.807) is 0 Å². The van der Waals surface area contributed by atoms with Crippen molar-refractivity contribution in [2.75, 3.05) is 19.7 Å². The summed E-state index contributed by atoms with van der Waals surface area (Å²) in [7, 11) is 0. The molecule has 0 spiro atoms. The van der Waals surface area contributed by atoms with E-state index >= 15 is 0 Å². The van der Waals surface area contributed by atoms with Crippen molar-refractivity contribution < 1.29 is 23.5 Å². The predicted molar refractivity (Wildman–Crippen MR) is 63.4 cm³/mol. The second-order valence-corrected chi connectivity index (χ2v) is 3.73. The second kappa shape index (κ2) is 7.42. The fraction of sp³-hybridized carbons (Fsp3) is 0.333. The van der Waals surface area contributed by atoms with E-state index < -0.39 is 23.4 Å². The lowest BCUT2D eigenvalue weighted by Gasteiger charge is -2.07. The van der Waals surface area contributed by atoms with Gasteiger partial charge in [0.2, 0.25) is 5.91 Å². The quantitative estimate of drug-likeness (QED) is 0.647. The Morgan fingerprint density at radius 3 is 2.58 bits per heavy atom. The number of carbonyl (C=O) groups is 2. The monoisotopic (exact) mass is 272 g/mol. The number of carbonyl (C=O) groups excluding carboxylic acids is 2. The van der Waals surface area contributed by atoms with Gasteiger partial charge in [-0.15, -0.1) is 0 Å². The van der Waals surface area contributed by atoms with Crippen molar-refractivity contribution in [1.29, 1.82) is 0 Å². The van der Waals surface area contributed by atoms with Crippen molar-refractivity contribution in [2.45, 2.75) is 6.42 Å². The minimum Gasteiger partial charge on any atom is -0.396 e. The molecule has 0 aliphatic rings. The van der Waals surface area contributed by atoms with Gasteiger partial charge in [-0.3, -0.25) is 9.59 Å². The third-order valence-electron chi connectivity index (χ3n) is 2.24. The summed E-state index contributed by atoms with van der Waals surface area (Å²) in [6, 6.07) is 2.55. The summed E-state index contributed by atoms with van der Waals surface area (Å²) in [5.74, 6) is -3.02. The SMILES string of the molecule is O=C(CNC(=O)c1ccc(F)cc1F)NCCCO. The van der Waals surface area contributed by atoms with E-state index in [1.807, 2.05) is 0 Å². The number of hydrogen-bond acceptors (Lipinski definition) is 3. The van der Waals surface area contributed by atoms with Crippen molar-refractivity contribution in [3.05, 3.63) is 35.4 Å². The van der Waals surface area contributed by atoms with Gasteiger partial charge in [-0.25, -0.2) is 8.78 Å². The number of aliphatic hydroxyl groups excluding tert-OH is 1. The standard InChI is InChI=1S/C12H14F2N2O3/c13-8-2-3-9(10(14)6-8)12(19)16-7-11(18)15-4-1-5-17/h2-3,6,17H,1,4-5,7H2,(H,15,18)(H,16,19). The smallest absolute Gasteiger partial charge is 0.254 e. The molecule has 0 bridgehead atoms. The second-order valence-electron chi connectivity index (χ2n) is 3.73. The van der Waals surface area contributed by atoms with E-state index in [9.17, 15) is 18.4 Å². The third-order valence-corrected chi connectivity index (χ3v) is 2.24. The van der Waals surface area contributed by atoms with Crippen molar-refractivity contribution >= 4 is 11.8 Å². The maximum Gasteiger partial charge on any atom is 0.254 e. The molecule has 0 aliphatic carbocycles. The van der Waals surface area contributed by atoms with Gasteiger partial charge >= 0.3 is 0 Å². The Morgan fingerprint density at radius 1 is 1.21 bits per heavy atom. The number of halogens is 2. The van der Waals surface area contributed by atoms with Gasteiger partial charge in [-0.2, -0.15) is 0 Å². The van der Waals surface area contributed by atoms with Crippen LogP contribution in [-0.4, -0.2) is 36.6 Å². The van der Waals surface area contributed by atoms with E-state index in [4.69, 9.17) is 5.11 Å². The predicted octanol–water partition coefficient (Wildman–Crippen LogP) is 0.193. The lowest BCUT2D eigenvalue weighted by molar-refractivity contribution is -0.120. The Balaban J connectivity index is 2.45. The highest BCUT2D eigenvalue weighted by molar-refractivity contribution is 5.96. The molecule has 0 saturated heterocycles. The van der Waals surface area contributed by atoms with E-state index in [-0.39, 0.29) is 25.3 Å². The number of aliphatic hydroxyl groups is 1. The summed E-state index contributed by atoms with van der Waals surface area (Å²) >= 11 is 0.